The smallest absolute Gasteiger partial charge is 0.219 e. The van der Waals surface area contributed by atoms with E-state index in [1.54, 1.807) is 4.90 Å². The van der Waals surface area contributed by atoms with E-state index in [0.29, 0.717) is 13.1 Å². The highest BCUT2D eigenvalue weighted by Crippen LogP contribution is 2.47. The lowest BCUT2D eigenvalue weighted by atomic mass is 9.91. The van der Waals surface area contributed by atoms with Crippen LogP contribution in [0.3, 0.4) is 0 Å². The van der Waals surface area contributed by atoms with Crippen molar-refractivity contribution in [3.63, 3.8) is 0 Å². The number of nitrogens with zero attached hydrogens (tertiary/aromatic N) is 1. The number of amides is 1. The van der Waals surface area contributed by atoms with E-state index >= 15 is 0 Å². The van der Waals surface area contributed by atoms with Gasteiger partial charge in [0.25, 0.3) is 0 Å². The van der Waals surface area contributed by atoms with E-state index in [9.17, 15) is 9.18 Å². The molecular formula is C8H12FNO. The van der Waals surface area contributed by atoms with Gasteiger partial charge in [0.05, 0.1) is 13.1 Å². The summed E-state index contributed by atoms with van der Waals surface area (Å²) < 4.78 is 13.5. The predicted molar refractivity (Wildman–Crippen MR) is 38.8 cm³/mol. The standard InChI is InChI=1S/C8H12FNO/c1-6(11)10-4-8(9,5-10)7-2-3-7/h7H,2-5H2,1H3. The van der Waals surface area contributed by atoms with Crippen LogP contribution in [0.5, 0.6) is 0 Å². The first kappa shape index (κ1) is 7.07. The van der Waals surface area contributed by atoms with Gasteiger partial charge in [0.15, 0.2) is 0 Å². The molecule has 1 aliphatic heterocycles. The van der Waals surface area contributed by atoms with Crippen molar-refractivity contribution in [1.29, 1.82) is 0 Å². The summed E-state index contributed by atoms with van der Waals surface area (Å²) in [5.41, 5.74) is -1.01. The summed E-state index contributed by atoms with van der Waals surface area (Å²) in [6, 6.07) is 0. The molecule has 0 radical (unpaired) electrons. The van der Waals surface area contributed by atoms with Crippen LogP contribution in [0, 0.1) is 5.92 Å². The van der Waals surface area contributed by atoms with Crippen LogP contribution in [-0.2, 0) is 4.79 Å². The molecule has 0 spiro atoms. The van der Waals surface area contributed by atoms with E-state index in [1.165, 1.54) is 6.92 Å². The first-order valence-corrected chi connectivity index (χ1v) is 4.06. The molecule has 2 aliphatic rings. The number of carbonyl (C=O) groups is 1. The average molecular weight is 157 g/mol. The van der Waals surface area contributed by atoms with Gasteiger partial charge in [-0.15, -0.1) is 0 Å². The fourth-order valence-corrected chi connectivity index (χ4v) is 1.67. The summed E-state index contributed by atoms with van der Waals surface area (Å²) in [7, 11) is 0. The highest BCUT2D eigenvalue weighted by Gasteiger charge is 2.54. The number of hydrogen-bond donors (Lipinski definition) is 0. The van der Waals surface area contributed by atoms with Gasteiger partial charge in [-0.25, -0.2) is 4.39 Å². The van der Waals surface area contributed by atoms with Crippen molar-refractivity contribution in [2.24, 2.45) is 5.92 Å². The van der Waals surface area contributed by atoms with Crippen LogP contribution >= 0.6 is 0 Å². The number of alkyl halides is 1. The first-order chi connectivity index (χ1) is 5.12. The Morgan fingerprint density at radius 3 is 2.45 bits per heavy atom. The van der Waals surface area contributed by atoms with Crippen molar-refractivity contribution in [3.8, 4) is 0 Å². The maximum atomic E-state index is 13.5. The van der Waals surface area contributed by atoms with Crippen molar-refractivity contribution in [1.82, 2.24) is 4.90 Å². The monoisotopic (exact) mass is 157 g/mol. The van der Waals surface area contributed by atoms with Crippen LogP contribution in [-0.4, -0.2) is 29.6 Å². The highest BCUT2D eigenvalue weighted by molar-refractivity contribution is 5.74. The van der Waals surface area contributed by atoms with Crippen molar-refractivity contribution < 1.29 is 9.18 Å². The van der Waals surface area contributed by atoms with E-state index in [-0.39, 0.29) is 11.8 Å². The molecule has 0 aromatic carbocycles. The normalized spacial score (nSPS) is 28.0. The van der Waals surface area contributed by atoms with Gasteiger partial charge in [0, 0.05) is 6.92 Å². The fourth-order valence-electron chi connectivity index (χ4n) is 1.67. The highest BCUT2D eigenvalue weighted by atomic mass is 19.1. The van der Waals surface area contributed by atoms with Crippen molar-refractivity contribution in [2.45, 2.75) is 25.4 Å². The SMILES string of the molecule is CC(=O)N1CC(F)(C2CC2)C1. The van der Waals surface area contributed by atoms with Crippen LogP contribution in [0.2, 0.25) is 0 Å². The topological polar surface area (TPSA) is 20.3 Å². The summed E-state index contributed by atoms with van der Waals surface area (Å²) in [6.45, 7) is 2.17. The zero-order chi connectivity index (χ0) is 8.06. The van der Waals surface area contributed by atoms with E-state index in [1.807, 2.05) is 0 Å². The van der Waals surface area contributed by atoms with Gasteiger partial charge in [-0.3, -0.25) is 4.79 Å². The van der Waals surface area contributed by atoms with Crippen molar-refractivity contribution in [3.05, 3.63) is 0 Å². The average Bonchev–Trinajstić information content (AvgIpc) is 2.60. The minimum atomic E-state index is -1.01. The molecule has 3 heteroatoms. The molecule has 1 saturated carbocycles. The largest absolute Gasteiger partial charge is 0.336 e. The number of likely N-dealkylation sites (tertiary alicyclic amines) is 1. The lowest BCUT2D eigenvalue weighted by molar-refractivity contribution is -0.144. The molecule has 11 heavy (non-hydrogen) atoms. The molecule has 1 aliphatic carbocycles. The van der Waals surface area contributed by atoms with Crippen molar-refractivity contribution >= 4 is 5.91 Å². The molecule has 0 bridgehead atoms. The summed E-state index contributed by atoms with van der Waals surface area (Å²) in [4.78, 5) is 12.3. The second-order valence-electron chi connectivity index (χ2n) is 3.68. The molecule has 2 rings (SSSR count). The molecule has 0 N–H and O–H groups in total. The molecule has 0 aromatic rings. The molecule has 0 atom stereocenters. The maximum Gasteiger partial charge on any atom is 0.219 e. The van der Waals surface area contributed by atoms with E-state index < -0.39 is 5.67 Å². The zero-order valence-electron chi connectivity index (χ0n) is 6.64. The van der Waals surface area contributed by atoms with Crippen LogP contribution < -0.4 is 0 Å². The second-order valence-corrected chi connectivity index (χ2v) is 3.68. The Kier molecular flexibility index (Phi) is 1.26. The molecule has 2 fully saturated rings. The molecular weight excluding hydrogens is 145 g/mol. The third kappa shape index (κ3) is 1.03. The summed E-state index contributed by atoms with van der Waals surface area (Å²) in [5.74, 6) is 0.261. The summed E-state index contributed by atoms with van der Waals surface area (Å²) in [6.07, 6.45) is 2.03. The summed E-state index contributed by atoms with van der Waals surface area (Å²) in [5, 5.41) is 0. The van der Waals surface area contributed by atoms with Gasteiger partial charge in [-0.05, 0) is 18.8 Å². The Labute approximate surface area is 65.4 Å². The number of carbonyl (C=O) groups excluding carboxylic acids is 1. The third-order valence-electron chi connectivity index (χ3n) is 2.66. The van der Waals surface area contributed by atoms with Crippen molar-refractivity contribution in [2.75, 3.05) is 13.1 Å². The zero-order valence-corrected chi connectivity index (χ0v) is 6.64. The first-order valence-electron chi connectivity index (χ1n) is 4.06. The van der Waals surface area contributed by atoms with Gasteiger partial charge in [-0.1, -0.05) is 0 Å². The van der Waals surface area contributed by atoms with Gasteiger partial charge in [-0.2, -0.15) is 0 Å². The molecule has 1 amide bonds. The Hall–Kier alpha value is -0.600. The Balaban J connectivity index is 1.90. The third-order valence-corrected chi connectivity index (χ3v) is 2.66. The molecule has 1 heterocycles. The maximum absolute atomic E-state index is 13.5. The van der Waals surface area contributed by atoms with E-state index in [4.69, 9.17) is 0 Å². The number of halogens is 1. The van der Waals surface area contributed by atoms with Crippen LogP contribution in [0.4, 0.5) is 4.39 Å². The number of rotatable bonds is 1. The van der Waals surface area contributed by atoms with Crippen LogP contribution in [0.1, 0.15) is 19.8 Å². The molecule has 2 nitrogen and oxygen atoms in total. The van der Waals surface area contributed by atoms with Gasteiger partial charge in [0.1, 0.15) is 5.67 Å². The minimum Gasteiger partial charge on any atom is -0.336 e. The second kappa shape index (κ2) is 1.96. The molecule has 0 unspecified atom stereocenters. The lowest BCUT2D eigenvalue weighted by Crippen LogP contribution is -2.61. The van der Waals surface area contributed by atoms with Crippen LogP contribution in [0.25, 0.3) is 0 Å². The fraction of sp³-hybridized carbons (Fsp3) is 0.875. The Bertz CT molecular complexity index is 194. The van der Waals surface area contributed by atoms with Gasteiger partial charge < -0.3 is 4.90 Å². The minimum absolute atomic E-state index is 0.000995. The quantitative estimate of drug-likeness (QED) is 0.555. The number of hydrogen-bond acceptors (Lipinski definition) is 1. The van der Waals surface area contributed by atoms with Gasteiger partial charge >= 0.3 is 0 Å². The predicted octanol–water partition coefficient (Wildman–Crippen LogP) is 0.967. The molecule has 62 valence electrons. The van der Waals surface area contributed by atoms with Crippen LogP contribution in [0.15, 0.2) is 0 Å². The molecule has 1 saturated heterocycles. The summed E-state index contributed by atoms with van der Waals surface area (Å²) >= 11 is 0. The van der Waals surface area contributed by atoms with E-state index in [2.05, 4.69) is 0 Å². The lowest BCUT2D eigenvalue weighted by Gasteiger charge is -2.44. The Morgan fingerprint density at radius 2 is 2.09 bits per heavy atom. The molecule has 0 aromatic heterocycles. The van der Waals surface area contributed by atoms with E-state index in [0.717, 1.165) is 12.8 Å². The van der Waals surface area contributed by atoms with Gasteiger partial charge in [0.2, 0.25) is 5.91 Å². The Morgan fingerprint density at radius 1 is 1.55 bits per heavy atom.